The molecule has 0 atom stereocenters. The van der Waals surface area contributed by atoms with Crippen LogP contribution >= 0.6 is 0 Å². The topological polar surface area (TPSA) is 122 Å². The van der Waals surface area contributed by atoms with Crippen LogP contribution in [0.5, 0.6) is 0 Å². The van der Waals surface area contributed by atoms with Gasteiger partial charge in [0.2, 0.25) is 10.0 Å². The quantitative estimate of drug-likeness (QED) is 0.764. The largest absolute Gasteiger partial charge is 0.360 e. The van der Waals surface area contributed by atoms with Crippen molar-refractivity contribution in [2.45, 2.75) is 33.1 Å². The van der Waals surface area contributed by atoms with Crippen LogP contribution in [0.3, 0.4) is 0 Å². The van der Waals surface area contributed by atoms with E-state index in [1.165, 1.54) is 6.07 Å². The van der Waals surface area contributed by atoms with Crippen molar-refractivity contribution in [1.29, 1.82) is 0 Å². The number of hydrogen-bond acceptors (Lipinski definition) is 6. The van der Waals surface area contributed by atoms with Crippen LogP contribution in [0.1, 0.15) is 31.9 Å². The van der Waals surface area contributed by atoms with E-state index in [0.717, 1.165) is 19.1 Å². The van der Waals surface area contributed by atoms with Gasteiger partial charge in [-0.1, -0.05) is 24.9 Å². The molecule has 22 heavy (non-hydrogen) atoms. The zero-order chi connectivity index (χ0) is 16.8. The second kappa shape index (κ2) is 7.78. The monoisotopic (exact) mass is 332 g/mol. The van der Waals surface area contributed by atoms with Gasteiger partial charge < -0.3 is 4.52 Å². The maximum atomic E-state index is 11.9. The lowest BCUT2D eigenvalue weighted by molar-refractivity contribution is 0.219. The van der Waals surface area contributed by atoms with Crippen LogP contribution in [0.15, 0.2) is 10.6 Å². The smallest absolute Gasteiger partial charge is 0.339 e. The van der Waals surface area contributed by atoms with Gasteiger partial charge >= 0.3 is 12.1 Å². The Bertz CT molecular complexity index is 625. The van der Waals surface area contributed by atoms with Crippen LogP contribution in [0.4, 0.5) is 15.4 Å². The van der Waals surface area contributed by atoms with E-state index in [4.69, 9.17) is 4.52 Å². The fraction of sp³-hybridized carbons (Fsp3) is 0.583. The molecule has 0 radical (unpaired) electrons. The molecular formula is C12H20N4O5S. The highest BCUT2D eigenvalue weighted by Gasteiger charge is 2.24. The summed E-state index contributed by atoms with van der Waals surface area (Å²) in [5.74, 6) is 0.610. The molecule has 1 aromatic rings. The Kier molecular flexibility index (Phi) is 6.35. The summed E-state index contributed by atoms with van der Waals surface area (Å²) in [4.78, 5) is 23.6. The molecule has 0 unspecified atom stereocenters. The highest BCUT2D eigenvalue weighted by atomic mass is 32.2. The Balaban J connectivity index is 2.63. The van der Waals surface area contributed by atoms with Crippen LogP contribution in [0.25, 0.3) is 0 Å². The average molecular weight is 332 g/mol. The molecule has 0 aliphatic carbocycles. The molecule has 0 saturated carbocycles. The number of rotatable bonds is 6. The Morgan fingerprint density at radius 3 is 2.55 bits per heavy atom. The first-order chi connectivity index (χ1) is 10.2. The minimum Gasteiger partial charge on any atom is -0.360 e. The number of imide groups is 1. The van der Waals surface area contributed by atoms with Gasteiger partial charge in [-0.15, -0.1) is 0 Å². The molecule has 9 nitrogen and oxygen atoms in total. The van der Waals surface area contributed by atoms with Crippen LogP contribution in [-0.4, -0.2) is 42.7 Å². The number of nitrogens with one attached hydrogen (secondary N) is 2. The molecule has 10 heteroatoms. The SMILES string of the molecule is CCCCCN(C(=O)NC(=O)Nc1cc(C)on1)S(C)(=O)=O. The summed E-state index contributed by atoms with van der Waals surface area (Å²) in [6.07, 6.45) is 3.10. The predicted octanol–water partition coefficient (Wildman–Crippen LogP) is 1.68. The zero-order valence-electron chi connectivity index (χ0n) is 12.7. The number of anilines is 1. The molecule has 0 aliphatic heterocycles. The van der Waals surface area contributed by atoms with E-state index in [-0.39, 0.29) is 12.4 Å². The van der Waals surface area contributed by atoms with Crippen molar-refractivity contribution in [2.75, 3.05) is 18.1 Å². The lowest BCUT2D eigenvalue weighted by Crippen LogP contribution is -2.47. The number of carbonyl (C=O) groups excluding carboxylic acids is 2. The molecule has 1 aromatic heterocycles. The molecule has 4 amide bonds. The molecule has 1 heterocycles. The van der Waals surface area contributed by atoms with E-state index in [9.17, 15) is 18.0 Å². The third-order valence-corrected chi connectivity index (χ3v) is 3.83. The number of urea groups is 2. The van der Waals surface area contributed by atoms with Crippen molar-refractivity contribution in [3.63, 3.8) is 0 Å². The summed E-state index contributed by atoms with van der Waals surface area (Å²) in [7, 11) is -3.75. The normalized spacial score (nSPS) is 11.0. The first-order valence-electron chi connectivity index (χ1n) is 6.77. The van der Waals surface area contributed by atoms with Crippen molar-refractivity contribution < 1.29 is 22.5 Å². The summed E-state index contributed by atoms with van der Waals surface area (Å²) in [5, 5.41) is 7.74. The van der Waals surface area contributed by atoms with Gasteiger partial charge in [0.25, 0.3) is 0 Å². The van der Waals surface area contributed by atoms with E-state index < -0.39 is 22.1 Å². The second-order valence-electron chi connectivity index (χ2n) is 4.75. The number of carbonyl (C=O) groups is 2. The summed E-state index contributed by atoms with van der Waals surface area (Å²) in [6, 6.07) is -0.432. The highest BCUT2D eigenvalue weighted by Crippen LogP contribution is 2.07. The Morgan fingerprint density at radius 2 is 2.05 bits per heavy atom. The summed E-state index contributed by atoms with van der Waals surface area (Å²) in [5.41, 5.74) is 0. The van der Waals surface area contributed by atoms with E-state index in [1.54, 1.807) is 6.92 Å². The van der Waals surface area contributed by atoms with E-state index in [1.807, 2.05) is 12.2 Å². The summed E-state index contributed by atoms with van der Waals surface area (Å²) in [6.45, 7) is 3.62. The van der Waals surface area contributed by atoms with Gasteiger partial charge in [-0.3, -0.25) is 10.6 Å². The minimum atomic E-state index is -3.75. The van der Waals surface area contributed by atoms with Crippen LogP contribution in [-0.2, 0) is 10.0 Å². The van der Waals surface area contributed by atoms with Crippen LogP contribution in [0, 0.1) is 6.92 Å². The van der Waals surface area contributed by atoms with Gasteiger partial charge in [0.1, 0.15) is 5.76 Å². The molecule has 0 aromatic carbocycles. The minimum absolute atomic E-state index is 0.0227. The summed E-state index contributed by atoms with van der Waals surface area (Å²) >= 11 is 0. The fourth-order valence-corrected chi connectivity index (χ4v) is 2.46. The van der Waals surface area contributed by atoms with Gasteiger partial charge in [-0.05, 0) is 13.3 Å². The Hall–Kier alpha value is -2.10. The second-order valence-corrected chi connectivity index (χ2v) is 6.66. The van der Waals surface area contributed by atoms with E-state index >= 15 is 0 Å². The molecule has 0 bridgehead atoms. The Labute approximate surface area is 129 Å². The Morgan fingerprint density at radius 1 is 1.36 bits per heavy atom. The van der Waals surface area contributed by atoms with Crippen molar-refractivity contribution in [3.05, 3.63) is 11.8 Å². The number of amides is 4. The fourth-order valence-electron chi connectivity index (χ4n) is 1.66. The molecule has 0 fully saturated rings. The van der Waals surface area contributed by atoms with Gasteiger partial charge in [-0.2, -0.15) is 0 Å². The lowest BCUT2D eigenvalue weighted by atomic mass is 10.2. The van der Waals surface area contributed by atoms with Gasteiger partial charge in [0.05, 0.1) is 6.26 Å². The van der Waals surface area contributed by atoms with Crippen LogP contribution < -0.4 is 10.6 Å². The van der Waals surface area contributed by atoms with E-state index in [2.05, 4.69) is 10.5 Å². The molecular weight excluding hydrogens is 312 g/mol. The lowest BCUT2D eigenvalue weighted by Gasteiger charge is -2.20. The van der Waals surface area contributed by atoms with Gasteiger partial charge in [0, 0.05) is 12.6 Å². The predicted molar refractivity (Wildman–Crippen MR) is 79.9 cm³/mol. The van der Waals surface area contributed by atoms with Crippen molar-refractivity contribution in [3.8, 4) is 0 Å². The first-order valence-corrected chi connectivity index (χ1v) is 8.62. The number of hydrogen-bond donors (Lipinski definition) is 2. The summed E-state index contributed by atoms with van der Waals surface area (Å²) < 4.78 is 28.6. The average Bonchev–Trinajstić information content (AvgIpc) is 2.78. The maximum Gasteiger partial charge on any atom is 0.339 e. The van der Waals surface area contributed by atoms with Crippen molar-refractivity contribution in [1.82, 2.24) is 14.8 Å². The number of aryl methyl sites for hydroxylation is 1. The van der Waals surface area contributed by atoms with Crippen molar-refractivity contribution >= 4 is 27.9 Å². The van der Waals surface area contributed by atoms with Crippen LogP contribution in [0.2, 0.25) is 0 Å². The molecule has 0 saturated heterocycles. The van der Waals surface area contributed by atoms with Gasteiger partial charge in [-0.25, -0.2) is 22.3 Å². The third kappa shape index (κ3) is 5.72. The number of unbranched alkanes of at least 4 members (excludes halogenated alkanes) is 2. The first kappa shape index (κ1) is 18.0. The molecule has 0 spiro atoms. The molecule has 124 valence electrons. The number of aromatic nitrogens is 1. The third-order valence-electron chi connectivity index (χ3n) is 2.68. The maximum absolute atomic E-state index is 11.9. The standard InChI is InChI=1S/C12H20N4O5S/c1-4-5-6-7-16(22(3,19)20)12(18)14-11(17)13-10-8-9(2)21-15-10/h8H,4-7H2,1-3H3,(H2,13,14,15,17,18). The highest BCUT2D eigenvalue weighted by molar-refractivity contribution is 7.88. The molecule has 2 N–H and O–H groups in total. The van der Waals surface area contributed by atoms with Crippen molar-refractivity contribution in [2.24, 2.45) is 0 Å². The molecule has 1 rings (SSSR count). The zero-order valence-corrected chi connectivity index (χ0v) is 13.6. The number of nitrogens with zero attached hydrogens (tertiary/aromatic N) is 2. The van der Waals surface area contributed by atoms with E-state index in [0.29, 0.717) is 16.5 Å². The number of sulfonamides is 1. The van der Waals surface area contributed by atoms with Gasteiger partial charge in [0.15, 0.2) is 5.82 Å². The molecule has 0 aliphatic rings.